The van der Waals surface area contributed by atoms with Crippen LogP contribution in [-0.2, 0) is 10.0 Å². The molecule has 0 heterocycles. The molecule has 0 spiro atoms. The Morgan fingerprint density at radius 2 is 2.00 bits per heavy atom. The van der Waals surface area contributed by atoms with Crippen LogP contribution < -0.4 is 15.5 Å². The zero-order valence-electron chi connectivity index (χ0n) is 8.01. The fourth-order valence-corrected chi connectivity index (χ4v) is 2.69. The Morgan fingerprint density at radius 3 is 2.60 bits per heavy atom. The third-order valence-corrected chi connectivity index (χ3v) is 3.72. The van der Waals surface area contributed by atoms with Gasteiger partial charge in [-0.25, -0.2) is 13.1 Å². The summed E-state index contributed by atoms with van der Waals surface area (Å²) in [5.74, 6) is 5.16. The lowest BCUT2D eigenvalue weighted by atomic mass is 10.3. The number of sulfonamides is 1. The molecule has 1 saturated carbocycles. The maximum absolute atomic E-state index is 11.8. The standard InChI is InChI=1S/C9H12N2O3S/c10-14-8-3-1-2-4-9(8)15(12,13)11-7-5-6-7/h1-4,7,11H,5-6,10H2. The maximum atomic E-state index is 11.8. The van der Waals surface area contributed by atoms with Crippen LogP contribution in [0.1, 0.15) is 12.8 Å². The lowest BCUT2D eigenvalue weighted by Crippen LogP contribution is -2.26. The van der Waals surface area contributed by atoms with Gasteiger partial charge in [-0.1, -0.05) is 12.1 Å². The van der Waals surface area contributed by atoms with E-state index in [0.29, 0.717) is 0 Å². The Kier molecular flexibility index (Phi) is 2.64. The summed E-state index contributed by atoms with van der Waals surface area (Å²) < 4.78 is 26.2. The summed E-state index contributed by atoms with van der Waals surface area (Å²) in [5, 5.41) is 0. The average Bonchev–Trinajstić information content (AvgIpc) is 3.01. The molecule has 0 aliphatic heterocycles. The molecule has 6 heteroatoms. The predicted molar refractivity (Wildman–Crippen MR) is 54.6 cm³/mol. The van der Waals surface area contributed by atoms with E-state index in [1.165, 1.54) is 12.1 Å². The first-order valence-electron chi connectivity index (χ1n) is 4.61. The first-order valence-corrected chi connectivity index (χ1v) is 6.10. The van der Waals surface area contributed by atoms with Crippen molar-refractivity contribution in [3.05, 3.63) is 24.3 Å². The minimum absolute atomic E-state index is 0.0702. The Hall–Kier alpha value is -1.11. The van der Waals surface area contributed by atoms with Gasteiger partial charge in [0, 0.05) is 6.04 Å². The van der Waals surface area contributed by atoms with Crippen LogP contribution in [0.15, 0.2) is 29.2 Å². The van der Waals surface area contributed by atoms with E-state index in [2.05, 4.69) is 9.56 Å². The van der Waals surface area contributed by atoms with Crippen LogP contribution in [0.5, 0.6) is 5.75 Å². The van der Waals surface area contributed by atoms with Gasteiger partial charge in [0.15, 0.2) is 5.75 Å². The molecular weight excluding hydrogens is 216 g/mol. The highest BCUT2D eigenvalue weighted by molar-refractivity contribution is 7.89. The van der Waals surface area contributed by atoms with Crippen molar-refractivity contribution in [1.29, 1.82) is 0 Å². The molecule has 0 bridgehead atoms. The first kappa shape index (κ1) is 10.4. The second-order valence-corrected chi connectivity index (χ2v) is 5.14. The van der Waals surface area contributed by atoms with E-state index in [9.17, 15) is 8.42 Å². The van der Waals surface area contributed by atoms with Gasteiger partial charge in [-0.3, -0.25) is 0 Å². The van der Waals surface area contributed by atoms with E-state index < -0.39 is 10.0 Å². The Bertz CT molecular complexity index is 454. The van der Waals surface area contributed by atoms with Gasteiger partial charge in [-0.05, 0) is 25.0 Å². The summed E-state index contributed by atoms with van der Waals surface area (Å²) in [7, 11) is -3.49. The van der Waals surface area contributed by atoms with Crippen LogP contribution in [0.25, 0.3) is 0 Å². The molecule has 1 aromatic rings. The van der Waals surface area contributed by atoms with Gasteiger partial charge in [0.2, 0.25) is 10.0 Å². The van der Waals surface area contributed by atoms with E-state index in [1.807, 2.05) is 0 Å². The van der Waals surface area contributed by atoms with E-state index in [4.69, 9.17) is 5.90 Å². The third-order valence-electron chi connectivity index (χ3n) is 2.16. The van der Waals surface area contributed by atoms with Crippen LogP contribution in [0, 0.1) is 0 Å². The summed E-state index contributed by atoms with van der Waals surface area (Å²) in [6.07, 6.45) is 1.79. The van der Waals surface area contributed by atoms with Crippen molar-refractivity contribution in [1.82, 2.24) is 4.72 Å². The number of rotatable bonds is 4. The lowest BCUT2D eigenvalue weighted by molar-refractivity contribution is 0.325. The number of hydrogen-bond donors (Lipinski definition) is 2. The molecule has 1 fully saturated rings. The van der Waals surface area contributed by atoms with Crippen molar-refractivity contribution >= 4 is 10.0 Å². The molecule has 1 aliphatic rings. The van der Waals surface area contributed by atoms with Crippen molar-refractivity contribution in [3.8, 4) is 5.75 Å². The predicted octanol–water partition coefficient (Wildman–Crippen LogP) is 0.380. The minimum atomic E-state index is -3.49. The first-order chi connectivity index (χ1) is 7.13. The third kappa shape index (κ3) is 2.28. The highest BCUT2D eigenvalue weighted by Gasteiger charge is 2.29. The van der Waals surface area contributed by atoms with E-state index >= 15 is 0 Å². The molecule has 0 amide bonds. The van der Waals surface area contributed by atoms with Gasteiger partial charge in [-0.2, -0.15) is 5.90 Å². The summed E-state index contributed by atoms with van der Waals surface area (Å²) in [4.78, 5) is 4.60. The van der Waals surface area contributed by atoms with Gasteiger partial charge in [0.1, 0.15) is 4.90 Å². The molecule has 1 aliphatic carbocycles. The number of para-hydroxylation sites is 1. The van der Waals surface area contributed by atoms with Crippen LogP contribution in [0.4, 0.5) is 0 Å². The fraction of sp³-hybridized carbons (Fsp3) is 0.333. The van der Waals surface area contributed by atoms with Gasteiger partial charge in [0.25, 0.3) is 0 Å². The maximum Gasteiger partial charge on any atom is 0.244 e. The monoisotopic (exact) mass is 228 g/mol. The molecule has 15 heavy (non-hydrogen) atoms. The molecule has 5 nitrogen and oxygen atoms in total. The fourth-order valence-electron chi connectivity index (χ4n) is 1.25. The quantitative estimate of drug-likeness (QED) is 0.730. The van der Waals surface area contributed by atoms with Gasteiger partial charge < -0.3 is 4.84 Å². The normalized spacial score (nSPS) is 16.3. The summed E-state index contributed by atoms with van der Waals surface area (Å²) >= 11 is 0. The minimum Gasteiger partial charge on any atom is -0.410 e. The molecule has 2 rings (SSSR count). The van der Waals surface area contributed by atoms with Crippen molar-refractivity contribution in [3.63, 3.8) is 0 Å². The van der Waals surface area contributed by atoms with Crippen LogP contribution in [0.2, 0.25) is 0 Å². The Balaban J connectivity index is 2.34. The average molecular weight is 228 g/mol. The van der Waals surface area contributed by atoms with Crippen molar-refractivity contribution in [2.75, 3.05) is 0 Å². The zero-order chi connectivity index (χ0) is 10.9. The number of nitrogens with one attached hydrogen (secondary N) is 1. The van der Waals surface area contributed by atoms with Gasteiger partial charge in [0.05, 0.1) is 0 Å². The molecule has 0 aromatic heterocycles. The van der Waals surface area contributed by atoms with Crippen molar-refractivity contribution < 1.29 is 13.3 Å². The number of hydrogen-bond acceptors (Lipinski definition) is 4. The second kappa shape index (κ2) is 3.80. The van der Waals surface area contributed by atoms with Crippen molar-refractivity contribution in [2.24, 2.45) is 5.90 Å². The summed E-state index contributed by atoms with van der Waals surface area (Å²) in [6.45, 7) is 0. The van der Waals surface area contributed by atoms with E-state index in [0.717, 1.165) is 12.8 Å². The molecule has 0 atom stereocenters. The largest absolute Gasteiger partial charge is 0.410 e. The highest BCUT2D eigenvalue weighted by Crippen LogP contribution is 2.26. The molecule has 0 saturated heterocycles. The van der Waals surface area contributed by atoms with E-state index in [1.54, 1.807) is 12.1 Å². The molecule has 1 aromatic carbocycles. The Labute approximate surface area is 88.2 Å². The highest BCUT2D eigenvalue weighted by atomic mass is 32.2. The van der Waals surface area contributed by atoms with Crippen LogP contribution in [-0.4, -0.2) is 14.5 Å². The number of benzene rings is 1. The zero-order valence-corrected chi connectivity index (χ0v) is 8.83. The van der Waals surface area contributed by atoms with Crippen LogP contribution in [0.3, 0.4) is 0 Å². The van der Waals surface area contributed by atoms with Gasteiger partial charge in [-0.15, -0.1) is 0 Å². The van der Waals surface area contributed by atoms with Crippen LogP contribution >= 0.6 is 0 Å². The van der Waals surface area contributed by atoms with Crippen molar-refractivity contribution in [2.45, 2.75) is 23.8 Å². The van der Waals surface area contributed by atoms with E-state index in [-0.39, 0.29) is 16.7 Å². The second-order valence-electron chi connectivity index (χ2n) is 3.46. The smallest absolute Gasteiger partial charge is 0.244 e. The number of nitrogens with two attached hydrogens (primary N) is 1. The molecule has 82 valence electrons. The molecule has 3 N–H and O–H groups in total. The molecule has 0 unspecified atom stereocenters. The van der Waals surface area contributed by atoms with Gasteiger partial charge >= 0.3 is 0 Å². The molecule has 0 radical (unpaired) electrons. The summed E-state index contributed by atoms with van der Waals surface area (Å²) in [6, 6.07) is 6.34. The molecular formula is C9H12N2O3S. The summed E-state index contributed by atoms with van der Waals surface area (Å²) in [5.41, 5.74) is 0. The SMILES string of the molecule is NOc1ccccc1S(=O)(=O)NC1CC1. The Morgan fingerprint density at radius 1 is 1.33 bits per heavy atom. The topological polar surface area (TPSA) is 81.4 Å². The lowest BCUT2D eigenvalue weighted by Gasteiger charge is -2.08.